The second-order valence-corrected chi connectivity index (χ2v) is 1.67. The molecule has 0 aromatic rings. The normalized spacial score (nSPS) is 18.9. The van der Waals surface area contributed by atoms with Gasteiger partial charge in [0.2, 0.25) is 0 Å². The van der Waals surface area contributed by atoms with E-state index < -0.39 is 0 Å². The molecule has 0 aromatic carbocycles. The third kappa shape index (κ3) is 6.20. The molecular weight excluding hydrogens is 195 g/mol. The van der Waals surface area contributed by atoms with Gasteiger partial charge >= 0.3 is 52.0 Å². The summed E-state index contributed by atoms with van der Waals surface area (Å²) in [7, 11) is 0. The average Bonchev–Trinajstić information content (AvgIpc) is 1.96. The standard InChI is InChI=1S/C5H10O.BrH.K/c1-2-4-6-5-3-1;;/h1-5H2;1H;/q;;+1/p-1. The molecule has 0 N–H and O–H groups in total. The molecule has 1 aliphatic rings. The molecule has 0 amide bonds. The summed E-state index contributed by atoms with van der Waals surface area (Å²) in [6, 6.07) is 0. The third-order valence-electron chi connectivity index (χ3n) is 1.08. The zero-order valence-corrected chi connectivity index (χ0v) is 10.0. The Bertz CT molecular complexity index is 27.9. The van der Waals surface area contributed by atoms with Crippen LogP contribution in [0.25, 0.3) is 0 Å². The number of hydrogen-bond donors (Lipinski definition) is 0. The molecular formula is C5H10BrKO. The van der Waals surface area contributed by atoms with Crippen LogP contribution in [0.3, 0.4) is 0 Å². The Morgan fingerprint density at radius 3 is 1.62 bits per heavy atom. The monoisotopic (exact) mass is 204 g/mol. The molecule has 1 heterocycles. The van der Waals surface area contributed by atoms with Gasteiger partial charge in [-0.2, -0.15) is 0 Å². The SMILES string of the molecule is C1CCOCC1.[K][Br]. The van der Waals surface area contributed by atoms with Gasteiger partial charge in [0.05, 0.1) is 0 Å². The summed E-state index contributed by atoms with van der Waals surface area (Å²) in [5.41, 5.74) is 0. The van der Waals surface area contributed by atoms with Gasteiger partial charge in [0.15, 0.2) is 0 Å². The van der Waals surface area contributed by atoms with E-state index >= 15 is 0 Å². The van der Waals surface area contributed by atoms with Crippen LogP contribution in [0.15, 0.2) is 0 Å². The van der Waals surface area contributed by atoms with Crippen molar-refractivity contribution in [2.45, 2.75) is 19.3 Å². The van der Waals surface area contributed by atoms with Crippen LogP contribution in [-0.2, 0) is 4.74 Å². The molecule has 1 fully saturated rings. The fourth-order valence-corrected chi connectivity index (χ4v) is 0.687. The molecule has 0 aliphatic carbocycles. The number of rotatable bonds is 0. The number of hydrogen-bond acceptors (Lipinski definition) is 1. The van der Waals surface area contributed by atoms with Crippen LogP contribution < -0.4 is 0 Å². The van der Waals surface area contributed by atoms with Crippen LogP contribution in [0.2, 0.25) is 0 Å². The van der Waals surface area contributed by atoms with Crippen LogP contribution in [0.5, 0.6) is 0 Å². The van der Waals surface area contributed by atoms with E-state index in [1.165, 1.54) is 19.3 Å². The number of ether oxygens (including phenoxy) is 1. The van der Waals surface area contributed by atoms with E-state index in [1.54, 1.807) is 0 Å². The van der Waals surface area contributed by atoms with Gasteiger partial charge in [0.1, 0.15) is 0 Å². The maximum atomic E-state index is 5.07. The van der Waals surface area contributed by atoms with Crippen molar-refractivity contribution in [3.05, 3.63) is 0 Å². The van der Waals surface area contributed by atoms with Gasteiger partial charge in [-0.1, -0.05) is 0 Å². The van der Waals surface area contributed by atoms with Gasteiger partial charge in [0.25, 0.3) is 0 Å². The van der Waals surface area contributed by atoms with E-state index in [-0.39, 0.29) is 0 Å². The Labute approximate surface area is 87.4 Å². The van der Waals surface area contributed by atoms with Gasteiger partial charge < -0.3 is 4.74 Å². The second kappa shape index (κ2) is 9.08. The summed E-state index contributed by atoms with van der Waals surface area (Å²) < 4.78 is 5.07. The molecule has 0 aromatic heterocycles. The van der Waals surface area contributed by atoms with Crippen molar-refractivity contribution in [2.75, 3.05) is 13.2 Å². The molecule has 0 unspecified atom stereocenters. The third-order valence-corrected chi connectivity index (χ3v) is 1.08. The summed E-state index contributed by atoms with van der Waals surface area (Å²) in [4.78, 5) is 0. The Hall–Kier alpha value is 2.08. The predicted molar refractivity (Wildman–Crippen MR) is 39.4 cm³/mol. The first-order chi connectivity index (χ1) is 4.00. The van der Waals surface area contributed by atoms with Crippen LogP contribution in [0.4, 0.5) is 0 Å². The van der Waals surface area contributed by atoms with Crippen molar-refractivity contribution in [1.82, 2.24) is 0 Å². The summed E-state index contributed by atoms with van der Waals surface area (Å²) in [6.45, 7) is 5.12. The molecule has 0 spiro atoms. The van der Waals surface area contributed by atoms with Crippen molar-refractivity contribution >= 4 is 52.0 Å². The molecule has 1 aliphatic heterocycles. The Kier molecular flexibility index (Phi) is 11.4. The van der Waals surface area contributed by atoms with Crippen molar-refractivity contribution in [2.24, 2.45) is 0 Å². The first-order valence-electron chi connectivity index (χ1n) is 2.96. The zero-order chi connectivity index (χ0) is 6.24. The van der Waals surface area contributed by atoms with Gasteiger partial charge in [-0.3, -0.25) is 0 Å². The molecule has 1 rings (SSSR count). The van der Waals surface area contributed by atoms with Gasteiger partial charge in [-0.05, 0) is 19.3 Å². The minimum absolute atomic E-state index is 0.875. The van der Waals surface area contributed by atoms with Crippen molar-refractivity contribution in [1.29, 1.82) is 0 Å². The molecule has 0 bridgehead atoms. The quantitative estimate of drug-likeness (QED) is 0.546. The molecule has 1 saturated heterocycles. The molecule has 3 heteroatoms. The van der Waals surface area contributed by atoms with Gasteiger partial charge in [0, 0.05) is 13.2 Å². The fourth-order valence-electron chi connectivity index (χ4n) is 0.687. The van der Waals surface area contributed by atoms with Crippen LogP contribution in [-0.4, -0.2) is 58.6 Å². The maximum absolute atomic E-state index is 5.07. The molecule has 44 valence electrons. The first kappa shape index (κ1) is 10.1. The molecule has 0 saturated carbocycles. The average molecular weight is 205 g/mol. The van der Waals surface area contributed by atoms with Crippen LogP contribution in [0, 0.1) is 0 Å². The van der Waals surface area contributed by atoms with E-state index in [0.29, 0.717) is 0 Å². The van der Waals surface area contributed by atoms with Gasteiger partial charge in [-0.25, -0.2) is 0 Å². The Balaban J connectivity index is 0.000000222. The van der Waals surface area contributed by atoms with E-state index in [4.69, 9.17) is 4.74 Å². The summed E-state index contributed by atoms with van der Waals surface area (Å²) in [5.74, 6) is 0. The fraction of sp³-hybridized carbons (Fsp3) is 1.00. The van der Waals surface area contributed by atoms with Crippen LogP contribution in [0.1, 0.15) is 19.3 Å². The molecule has 8 heavy (non-hydrogen) atoms. The first-order valence-corrected chi connectivity index (χ1v) is 10.7. The molecule has 0 atom stereocenters. The molecule has 0 radical (unpaired) electrons. The van der Waals surface area contributed by atoms with Crippen LogP contribution >= 0.6 is 6.60 Å². The van der Waals surface area contributed by atoms with Crippen molar-refractivity contribution in [3.63, 3.8) is 0 Å². The van der Waals surface area contributed by atoms with E-state index in [0.717, 1.165) is 58.6 Å². The summed E-state index contributed by atoms with van der Waals surface area (Å²) >= 11 is 0.875. The van der Waals surface area contributed by atoms with Crippen molar-refractivity contribution in [3.8, 4) is 0 Å². The summed E-state index contributed by atoms with van der Waals surface area (Å²) in [5, 5.41) is 0. The van der Waals surface area contributed by atoms with Crippen molar-refractivity contribution < 1.29 is 4.74 Å². The van der Waals surface area contributed by atoms with E-state index in [9.17, 15) is 0 Å². The number of halogens is 1. The molecule has 1 nitrogen and oxygen atoms in total. The van der Waals surface area contributed by atoms with Gasteiger partial charge in [-0.15, -0.1) is 0 Å². The Morgan fingerprint density at radius 2 is 1.50 bits per heavy atom. The second-order valence-electron chi connectivity index (χ2n) is 1.67. The Morgan fingerprint density at radius 1 is 1.00 bits per heavy atom. The van der Waals surface area contributed by atoms with E-state index in [1.807, 2.05) is 0 Å². The zero-order valence-electron chi connectivity index (χ0n) is 5.32. The van der Waals surface area contributed by atoms with E-state index in [2.05, 4.69) is 6.60 Å². The minimum atomic E-state index is 0.875. The summed E-state index contributed by atoms with van der Waals surface area (Å²) in [6.07, 6.45) is 3.93. The predicted octanol–water partition coefficient (Wildman–Crippen LogP) is 1.65. The topological polar surface area (TPSA) is 9.23 Å².